The lowest BCUT2D eigenvalue weighted by atomic mass is 10.0. The summed E-state index contributed by atoms with van der Waals surface area (Å²) in [5, 5.41) is 7.35. The van der Waals surface area contributed by atoms with E-state index < -0.39 is 0 Å². The molecule has 0 spiro atoms. The zero-order chi connectivity index (χ0) is 17.5. The van der Waals surface area contributed by atoms with Crippen LogP contribution in [-0.2, 0) is 11.2 Å². The summed E-state index contributed by atoms with van der Waals surface area (Å²) in [7, 11) is 1.79. The van der Waals surface area contributed by atoms with Gasteiger partial charge in [0.1, 0.15) is 13.2 Å². The fraction of sp³-hybridized carbons (Fsp3) is 0.611. The van der Waals surface area contributed by atoms with Crippen molar-refractivity contribution in [3.8, 4) is 11.5 Å². The van der Waals surface area contributed by atoms with Gasteiger partial charge in [0, 0.05) is 33.4 Å². The summed E-state index contributed by atoms with van der Waals surface area (Å²) < 4.78 is 16.6. The average Bonchev–Trinajstić information content (AvgIpc) is 2.65. The SMILES string of the molecule is CN=C(NCCc1cc(Cl)c2c(c1)OCCO2)NCC1CCOCC1.I. The van der Waals surface area contributed by atoms with Crippen LogP contribution in [-0.4, -0.2) is 52.5 Å². The molecule has 1 aromatic carbocycles. The highest BCUT2D eigenvalue weighted by atomic mass is 127. The summed E-state index contributed by atoms with van der Waals surface area (Å²) in [6.07, 6.45) is 3.05. The number of nitrogens with zero attached hydrogens (tertiary/aromatic N) is 1. The molecular formula is C18H27ClIN3O3. The highest BCUT2D eigenvalue weighted by molar-refractivity contribution is 14.0. The van der Waals surface area contributed by atoms with E-state index in [4.69, 9.17) is 25.8 Å². The number of hydrogen-bond donors (Lipinski definition) is 2. The summed E-state index contributed by atoms with van der Waals surface area (Å²) in [6.45, 7) is 4.53. The summed E-state index contributed by atoms with van der Waals surface area (Å²) in [6, 6.07) is 3.94. The van der Waals surface area contributed by atoms with Crippen molar-refractivity contribution < 1.29 is 14.2 Å². The Hall–Kier alpha value is -0.930. The zero-order valence-corrected chi connectivity index (χ0v) is 18.1. The lowest BCUT2D eigenvalue weighted by molar-refractivity contribution is 0.0675. The van der Waals surface area contributed by atoms with Crippen LogP contribution >= 0.6 is 35.6 Å². The molecule has 0 atom stereocenters. The summed E-state index contributed by atoms with van der Waals surface area (Å²) in [5.41, 5.74) is 1.11. The molecule has 1 aromatic rings. The Labute approximate surface area is 177 Å². The molecule has 26 heavy (non-hydrogen) atoms. The van der Waals surface area contributed by atoms with Crippen molar-refractivity contribution in [1.82, 2.24) is 10.6 Å². The molecule has 0 unspecified atom stereocenters. The number of aliphatic imine (C=N–C) groups is 1. The van der Waals surface area contributed by atoms with Gasteiger partial charge in [-0.1, -0.05) is 11.6 Å². The van der Waals surface area contributed by atoms with E-state index in [2.05, 4.69) is 15.6 Å². The van der Waals surface area contributed by atoms with Crippen molar-refractivity contribution in [3.63, 3.8) is 0 Å². The van der Waals surface area contributed by atoms with E-state index in [0.29, 0.717) is 29.9 Å². The minimum atomic E-state index is 0. The van der Waals surface area contributed by atoms with E-state index in [0.717, 1.165) is 62.8 Å². The molecule has 8 heteroatoms. The van der Waals surface area contributed by atoms with E-state index in [9.17, 15) is 0 Å². The Kier molecular flexibility index (Phi) is 9.07. The van der Waals surface area contributed by atoms with Crippen LogP contribution < -0.4 is 20.1 Å². The van der Waals surface area contributed by atoms with Gasteiger partial charge in [0.15, 0.2) is 17.5 Å². The van der Waals surface area contributed by atoms with Gasteiger partial charge in [-0.3, -0.25) is 4.99 Å². The second-order valence-electron chi connectivity index (χ2n) is 6.29. The van der Waals surface area contributed by atoms with E-state index in [1.54, 1.807) is 7.05 Å². The lowest BCUT2D eigenvalue weighted by Crippen LogP contribution is -2.41. The second kappa shape index (κ2) is 11.0. The van der Waals surface area contributed by atoms with Crippen LogP contribution in [0.3, 0.4) is 0 Å². The predicted octanol–water partition coefficient (Wildman–Crippen LogP) is 2.86. The number of fused-ring (bicyclic) bond motifs is 1. The number of halogens is 2. The number of ether oxygens (including phenoxy) is 3. The van der Waals surface area contributed by atoms with Gasteiger partial charge in [-0.05, 0) is 42.9 Å². The lowest BCUT2D eigenvalue weighted by Gasteiger charge is -2.23. The molecule has 1 fully saturated rings. The predicted molar refractivity (Wildman–Crippen MR) is 114 cm³/mol. The van der Waals surface area contributed by atoms with Crippen molar-refractivity contribution >= 4 is 41.5 Å². The van der Waals surface area contributed by atoms with Crippen LogP contribution in [0.25, 0.3) is 0 Å². The number of rotatable bonds is 5. The third-order valence-electron chi connectivity index (χ3n) is 4.49. The molecule has 0 saturated carbocycles. The Morgan fingerprint density at radius 3 is 2.69 bits per heavy atom. The van der Waals surface area contributed by atoms with Crippen molar-refractivity contribution in [3.05, 3.63) is 22.7 Å². The largest absolute Gasteiger partial charge is 0.486 e. The first-order chi connectivity index (χ1) is 12.3. The standard InChI is InChI=1S/C18H26ClN3O3.HI/c1-20-18(22-12-13-3-6-23-7-4-13)21-5-2-14-10-15(19)17-16(11-14)24-8-9-25-17;/h10-11,13H,2-9,12H2,1H3,(H2,20,21,22);1H. The summed E-state index contributed by atoms with van der Waals surface area (Å²) >= 11 is 6.28. The molecule has 1 saturated heterocycles. The van der Waals surface area contributed by atoms with Gasteiger partial charge < -0.3 is 24.8 Å². The van der Waals surface area contributed by atoms with Crippen molar-refractivity contribution in [1.29, 1.82) is 0 Å². The number of nitrogens with one attached hydrogen (secondary N) is 2. The number of hydrogen-bond acceptors (Lipinski definition) is 4. The monoisotopic (exact) mass is 495 g/mol. The van der Waals surface area contributed by atoms with E-state index in [-0.39, 0.29) is 24.0 Å². The van der Waals surface area contributed by atoms with Crippen molar-refractivity contribution in [2.75, 3.05) is 46.6 Å². The first-order valence-corrected chi connectivity index (χ1v) is 9.24. The van der Waals surface area contributed by atoms with Gasteiger partial charge in [0.25, 0.3) is 0 Å². The number of guanidine groups is 1. The highest BCUT2D eigenvalue weighted by Crippen LogP contribution is 2.38. The highest BCUT2D eigenvalue weighted by Gasteiger charge is 2.17. The van der Waals surface area contributed by atoms with E-state index in [1.807, 2.05) is 12.1 Å². The van der Waals surface area contributed by atoms with Crippen LogP contribution in [0.15, 0.2) is 17.1 Å². The van der Waals surface area contributed by atoms with Gasteiger partial charge in [0.05, 0.1) is 5.02 Å². The molecule has 6 nitrogen and oxygen atoms in total. The van der Waals surface area contributed by atoms with Crippen LogP contribution in [0.5, 0.6) is 11.5 Å². The Balaban J connectivity index is 0.00000243. The average molecular weight is 496 g/mol. The van der Waals surface area contributed by atoms with Gasteiger partial charge in [-0.25, -0.2) is 0 Å². The van der Waals surface area contributed by atoms with Crippen LogP contribution in [0, 0.1) is 5.92 Å². The van der Waals surface area contributed by atoms with Gasteiger partial charge in [-0.2, -0.15) is 0 Å². The van der Waals surface area contributed by atoms with Crippen LogP contribution in [0.4, 0.5) is 0 Å². The molecule has 2 N–H and O–H groups in total. The minimum absolute atomic E-state index is 0. The Morgan fingerprint density at radius 1 is 1.15 bits per heavy atom. The molecule has 2 aliphatic rings. The smallest absolute Gasteiger partial charge is 0.190 e. The third kappa shape index (κ3) is 6.06. The molecule has 2 heterocycles. The molecule has 0 bridgehead atoms. The van der Waals surface area contributed by atoms with Gasteiger partial charge >= 0.3 is 0 Å². The Bertz CT molecular complexity index is 610. The maximum Gasteiger partial charge on any atom is 0.190 e. The molecule has 0 radical (unpaired) electrons. The van der Waals surface area contributed by atoms with Crippen molar-refractivity contribution in [2.45, 2.75) is 19.3 Å². The fourth-order valence-corrected chi connectivity index (χ4v) is 3.33. The quantitative estimate of drug-likeness (QED) is 0.374. The van der Waals surface area contributed by atoms with E-state index in [1.165, 1.54) is 0 Å². The van der Waals surface area contributed by atoms with Crippen LogP contribution in [0.2, 0.25) is 5.02 Å². The first kappa shape index (κ1) is 21.4. The molecule has 0 amide bonds. The molecule has 3 rings (SSSR count). The first-order valence-electron chi connectivity index (χ1n) is 8.86. The molecular weight excluding hydrogens is 469 g/mol. The normalized spacial score (nSPS) is 17.4. The second-order valence-corrected chi connectivity index (χ2v) is 6.69. The van der Waals surface area contributed by atoms with Crippen LogP contribution in [0.1, 0.15) is 18.4 Å². The molecule has 0 aromatic heterocycles. The molecule has 146 valence electrons. The summed E-state index contributed by atoms with van der Waals surface area (Å²) in [4.78, 5) is 4.28. The molecule has 0 aliphatic carbocycles. The van der Waals surface area contributed by atoms with E-state index >= 15 is 0 Å². The van der Waals surface area contributed by atoms with Gasteiger partial charge in [-0.15, -0.1) is 24.0 Å². The summed E-state index contributed by atoms with van der Waals surface area (Å²) in [5.74, 6) is 2.87. The molecule has 2 aliphatic heterocycles. The zero-order valence-electron chi connectivity index (χ0n) is 15.1. The Morgan fingerprint density at radius 2 is 1.92 bits per heavy atom. The maximum absolute atomic E-state index is 6.28. The third-order valence-corrected chi connectivity index (χ3v) is 4.77. The topological polar surface area (TPSA) is 64.1 Å². The van der Waals surface area contributed by atoms with Crippen molar-refractivity contribution in [2.24, 2.45) is 10.9 Å². The fourth-order valence-electron chi connectivity index (χ4n) is 3.05. The number of benzene rings is 1. The van der Waals surface area contributed by atoms with Gasteiger partial charge in [0.2, 0.25) is 0 Å². The minimum Gasteiger partial charge on any atom is -0.486 e. The maximum atomic E-state index is 6.28.